The fourth-order valence-corrected chi connectivity index (χ4v) is 4.18. The molecular formula is C28H37NO4. The first-order valence-electron chi connectivity index (χ1n) is 12.4. The molecule has 1 aliphatic rings. The number of fused-ring (bicyclic) bond motifs is 1. The quantitative estimate of drug-likeness (QED) is 0.252. The van der Waals surface area contributed by atoms with Crippen molar-refractivity contribution in [3.05, 3.63) is 64.7 Å². The minimum atomic E-state index is -0.244. The molecule has 0 unspecified atom stereocenters. The van der Waals surface area contributed by atoms with Crippen molar-refractivity contribution >= 4 is 11.8 Å². The highest BCUT2D eigenvalue weighted by Gasteiger charge is 2.34. The van der Waals surface area contributed by atoms with Gasteiger partial charge in [-0.25, -0.2) is 0 Å². The lowest BCUT2D eigenvalue weighted by molar-refractivity contribution is 0.0527. The van der Waals surface area contributed by atoms with Crippen molar-refractivity contribution in [1.82, 2.24) is 4.90 Å². The van der Waals surface area contributed by atoms with Crippen molar-refractivity contribution in [3.8, 4) is 5.75 Å². The Morgan fingerprint density at radius 2 is 1.42 bits per heavy atom. The normalized spacial score (nSPS) is 13.0. The van der Waals surface area contributed by atoms with Gasteiger partial charge in [-0.05, 0) is 55.0 Å². The molecule has 0 spiro atoms. The molecule has 0 saturated heterocycles. The number of ether oxygens (including phenoxy) is 2. The molecule has 2 aromatic rings. The van der Waals surface area contributed by atoms with E-state index in [1.807, 2.05) is 0 Å². The fraction of sp³-hybridized carbons (Fsp3) is 0.500. The van der Waals surface area contributed by atoms with Gasteiger partial charge in [-0.1, -0.05) is 63.8 Å². The lowest BCUT2D eigenvalue weighted by atomic mass is 10.0. The number of benzene rings is 2. The van der Waals surface area contributed by atoms with E-state index in [0.717, 1.165) is 18.6 Å². The van der Waals surface area contributed by atoms with Crippen LogP contribution in [0.25, 0.3) is 0 Å². The zero-order valence-electron chi connectivity index (χ0n) is 20.1. The van der Waals surface area contributed by atoms with Gasteiger partial charge < -0.3 is 9.47 Å². The maximum Gasteiger partial charge on any atom is 0.261 e. The zero-order chi connectivity index (χ0) is 23.5. The number of nitrogens with zero attached hydrogens (tertiary/aromatic N) is 1. The Balaban J connectivity index is 1.44. The third-order valence-electron chi connectivity index (χ3n) is 6.07. The lowest BCUT2D eigenvalue weighted by Crippen LogP contribution is -2.33. The highest BCUT2D eigenvalue weighted by molar-refractivity contribution is 6.21. The molecule has 5 nitrogen and oxygen atoms in total. The number of rotatable bonds is 15. The average molecular weight is 452 g/mol. The summed E-state index contributed by atoms with van der Waals surface area (Å²) in [4.78, 5) is 26.0. The van der Waals surface area contributed by atoms with Gasteiger partial charge in [0.2, 0.25) is 0 Å². The van der Waals surface area contributed by atoms with Gasteiger partial charge in [-0.3, -0.25) is 14.5 Å². The highest BCUT2D eigenvalue weighted by atomic mass is 16.5. The number of unbranched alkanes of at least 4 members (excludes halogenated alkanes) is 4. The van der Waals surface area contributed by atoms with Crippen LogP contribution in [0.2, 0.25) is 0 Å². The average Bonchev–Trinajstić information content (AvgIpc) is 3.07. The van der Waals surface area contributed by atoms with Crippen LogP contribution in [-0.4, -0.2) is 43.1 Å². The van der Waals surface area contributed by atoms with Crippen LogP contribution < -0.4 is 4.74 Å². The van der Waals surface area contributed by atoms with Crippen molar-refractivity contribution in [2.24, 2.45) is 0 Å². The van der Waals surface area contributed by atoms with E-state index in [4.69, 9.17) is 9.47 Å². The summed E-state index contributed by atoms with van der Waals surface area (Å²) in [5, 5.41) is 0. The first kappa shape index (κ1) is 25.0. The van der Waals surface area contributed by atoms with Crippen molar-refractivity contribution in [2.45, 2.75) is 65.2 Å². The van der Waals surface area contributed by atoms with Gasteiger partial charge in [0, 0.05) is 0 Å². The summed E-state index contributed by atoms with van der Waals surface area (Å²) in [5.41, 5.74) is 3.61. The number of carbonyl (C=O) groups is 2. The summed E-state index contributed by atoms with van der Waals surface area (Å²) < 4.78 is 11.7. The minimum absolute atomic E-state index is 0.244. The predicted molar refractivity (Wildman–Crippen MR) is 131 cm³/mol. The second-order valence-corrected chi connectivity index (χ2v) is 8.62. The van der Waals surface area contributed by atoms with E-state index in [1.54, 1.807) is 24.3 Å². The molecular weight excluding hydrogens is 414 g/mol. The summed E-state index contributed by atoms with van der Waals surface area (Å²) in [6.45, 7) is 5.86. The van der Waals surface area contributed by atoms with E-state index in [9.17, 15) is 9.59 Å². The largest absolute Gasteiger partial charge is 0.491 e. The van der Waals surface area contributed by atoms with E-state index in [2.05, 4.69) is 32.0 Å². The van der Waals surface area contributed by atoms with Gasteiger partial charge in [0.1, 0.15) is 12.4 Å². The molecule has 0 saturated carbocycles. The summed E-state index contributed by atoms with van der Waals surface area (Å²) in [6, 6.07) is 13.5. The van der Waals surface area contributed by atoms with Gasteiger partial charge in [-0.2, -0.15) is 0 Å². The molecule has 0 aliphatic carbocycles. The molecule has 0 fully saturated rings. The van der Waals surface area contributed by atoms with E-state index >= 15 is 0 Å². The van der Waals surface area contributed by atoms with Gasteiger partial charge in [0.15, 0.2) is 0 Å². The van der Waals surface area contributed by atoms with E-state index in [-0.39, 0.29) is 18.4 Å². The summed E-state index contributed by atoms with van der Waals surface area (Å²) in [6.07, 6.45) is 9.47. The molecule has 5 heteroatoms. The lowest BCUT2D eigenvalue weighted by Gasteiger charge is -2.15. The summed E-state index contributed by atoms with van der Waals surface area (Å²) in [5.74, 6) is 0.451. The number of aryl methyl sites for hydroxylation is 2. The second-order valence-electron chi connectivity index (χ2n) is 8.62. The molecule has 33 heavy (non-hydrogen) atoms. The van der Waals surface area contributed by atoms with Gasteiger partial charge in [0.05, 0.1) is 30.9 Å². The molecule has 1 aliphatic heterocycles. The molecule has 2 amide bonds. The van der Waals surface area contributed by atoms with E-state index in [1.165, 1.54) is 54.6 Å². The summed E-state index contributed by atoms with van der Waals surface area (Å²) in [7, 11) is 0. The van der Waals surface area contributed by atoms with Gasteiger partial charge >= 0.3 is 0 Å². The summed E-state index contributed by atoms with van der Waals surface area (Å²) >= 11 is 0. The zero-order valence-corrected chi connectivity index (χ0v) is 20.1. The molecule has 0 aromatic heterocycles. The van der Waals surface area contributed by atoms with Crippen LogP contribution in [0.4, 0.5) is 0 Å². The maximum absolute atomic E-state index is 12.4. The Kier molecular flexibility index (Phi) is 9.95. The topological polar surface area (TPSA) is 55.8 Å². The Hall–Kier alpha value is -2.66. The van der Waals surface area contributed by atoms with E-state index < -0.39 is 0 Å². The molecule has 1 heterocycles. The third-order valence-corrected chi connectivity index (χ3v) is 6.07. The number of carbonyl (C=O) groups excluding carboxylic acids is 2. The maximum atomic E-state index is 12.4. The molecule has 2 aromatic carbocycles. The standard InChI is InChI=1S/C28H37NO4/c1-3-5-7-11-22-15-16-26(23(21-22)12-8-6-4-2)33-20-19-32-18-17-29-27(30)24-13-9-10-14-25(24)28(29)31/h9-10,13-16,21H,3-8,11-12,17-20H2,1-2H3. The smallest absolute Gasteiger partial charge is 0.261 e. The Labute approximate surface area is 198 Å². The first-order chi connectivity index (χ1) is 16.2. The molecule has 0 atom stereocenters. The molecule has 3 rings (SSSR count). The van der Waals surface area contributed by atoms with Crippen molar-refractivity contribution in [1.29, 1.82) is 0 Å². The van der Waals surface area contributed by atoms with Crippen LogP contribution in [0.1, 0.15) is 84.2 Å². The molecule has 0 N–H and O–H groups in total. The Bertz CT molecular complexity index is 889. The minimum Gasteiger partial charge on any atom is -0.491 e. The van der Waals surface area contributed by atoms with Crippen LogP contribution in [0.5, 0.6) is 5.75 Å². The Morgan fingerprint density at radius 1 is 0.758 bits per heavy atom. The van der Waals surface area contributed by atoms with Crippen LogP contribution in [-0.2, 0) is 17.6 Å². The van der Waals surface area contributed by atoms with Crippen LogP contribution >= 0.6 is 0 Å². The number of imide groups is 1. The third kappa shape index (κ3) is 6.91. The van der Waals surface area contributed by atoms with Crippen LogP contribution in [0, 0.1) is 0 Å². The van der Waals surface area contributed by atoms with Gasteiger partial charge in [-0.15, -0.1) is 0 Å². The van der Waals surface area contributed by atoms with Crippen LogP contribution in [0.3, 0.4) is 0 Å². The van der Waals surface area contributed by atoms with Crippen molar-refractivity contribution in [3.63, 3.8) is 0 Å². The first-order valence-corrected chi connectivity index (χ1v) is 12.4. The number of amides is 2. The SMILES string of the molecule is CCCCCc1ccc(OCCOCCN2C(=O)c3ccccc3C2=O)c(CCCCC)c1. The molecule has 0 bridgehead atoms. The predicted octanol–water partition coefficient (Wildman–Crippen LogP) is 5.84. The van der Waals surface area contributed by atoms with Crippen LogP contribution in [0.15, 0.2) is 42.5 Å². The fourth-order valence-electron chi connectivity index (χ4n) is 4.18. The van der Waals surface area contributed by atoms with Crippen molar-refractivity contribution in [2.75, 3.05) is 26.4 Å². The van der Waals surface area contributed by atoms with Crippen molar-refractivity contribution < 1.29 is 19.1 Å². The van der Waals surface area contributed by atoms with E-state index in [0.29, 0.717) is 30.9 Å². The Morgan fingerprint density at radius 3 is 2.09 bits per heavy atom. The highest BCUT2D eigenvalue weighted by Crippen LogP contribution is 2.24. The molecule has 178 valence electrons. The van der Waals surface area contributed by atoms with Gasteiger partial charge in [0.25, 0.3) is 11.8 Å². The molecule has 0 radical (unpaired) electrons. The second kappa shape index (κ2) is 13.1. The number of hydrogen-bond donors (Lipinski definition) is 0. The monoisotopic (exact) mass is 451 g/mol. The number of hydrogen-bond acceptors (Lipinski definition) is 4.